The van der Waals surface area contributed by atoms with Gasteiger partial charge in [0.2, 0.25) is 0 Å². The number of rotatable bonds is 5. The van der Waals surface area contributed by atoms with Gasteiger partial charge >= 0.3 is 0 Å². The highest BCUT2D eigenvalue weighted by atomic mass is 14.9. The van der Waals surface area contributed by atoms with Gasteiger partial charge < -0.3 is 5.32 Å². The smallest absolute Gasteiger partial charge is 0.0671 e. The molecule has 1 aromatic rings. The zero-order valence-corrected chi connectivity index (χ0v) is 12.8. The van der Waals surface area contributed by atoms with E-state index < -0.39 is 0 Å². The molecule has 0 fully saturated rings. The molecule has 1 atom stereocenters. The van der Waals surface area contributed by atoms with Gasteiger partial charge in [-0.2, -0.15) is 5.26 Å². The molecular formula is C17H26N2. The van der Waals surface area contributed by atoms with E-state index in [4.69, 9.17) is 5.26 Å². The maximum Gasteiger partial charge on any atom is 0.0671 e. The largest absolute Gasteiger partial charge is 0.311 e. The molecule has 104 valence electrons. The summed E-state index contributed by atoms with van der Waals surface area (Å²) in [5, 5.41) is 12.4. The predicted molar refractivity (Wildman–Crippen MR) is 80.8 cm³/mol. The number of hydrogen-bond acceptors (Lipinski definition) is 2. The highest BCUT2D eigenvalue weighted by Gasteiger charge is 2.13. The molecule has 0 saturated carbocycles. The summed E-state index contributed by atoms with van der Waals surface area (Å²) in [6.07, 6.45) is 0. The SMILES string of the molecule is CC(C)C(C#N)CNCc1ccc(C(C)(C)C)cc1. The zero-order chi connectivity index (χ0) is 14.5. The first-order valence-corrected chi connectivity index (χ1v) is 7.04. The van der Waals surface area contributed by atoms with E-state index in [0.717, 1.165) is 13.1 Å². The maximum atomic E-state index is 9.03. The van der Waals surface area contributed by atoms with E-state index in [9.17, 15) is 0 Å². The van der Waals surface area contributed by atoms with Crippen molar-refractivity contribution in [2.45, 2.75) is 46.6 Å². The van der Waals surface area contributed by atoms with Crippen molar-refractivity contribution in [3.05, 3.63) is 35.4 Å². The molecule has 0 aliphatic carbocycles. The van der Waals surface area contributed by atoms with E-state index in [1.165, 1.54) is 11.1 Å². The summed E-state index contributed by atoms with van der Waals surface area (Å²) >= 11 is 0. The fourth-order valence-electron chi connectivity index (χ4n) is 1.93. The van der Waals surface area contributed by atoms with Crippen molar-refractivity contribution in [3.63, 3.8) is 0 Å². The van der Waals surface area contributed by atoms with Crippen molar-refractivity contribution in [1.29, 1.82) is 5.26 Å². The van der Waals surface area contributed by atoms with Gasteiger partial charge in [-0.1, -0.05) is 58.9 Å². The van der Waals surface area contributed by atoms with Crippen molar-refractivity contribution in [1.82, 2.24) is 5.32 Å². The Morgan fingerprint density at radius 2 is 1.74 bits per heavy atom. The number of benzene rings is 1. The predicted octanol–water partition coefficient (Wildman–Crippen LogP) is 3.87. The second-order valence-electron chi connectivity index (χ2n) is 6.56. The third-order valence-corrected chi connectivity index (χ3v) is 3.48. The van der Waals surface area contributed by atoms with Crippen LogP contribution < -0.4 is 5.32 Å². The topological polar surface area (TPSA) is 35.8 Å². The van der Waals surface area contributed by atoms with Crippen molar-refractivity contribution >= 4 is 0 Å². The minimum absolute atomic E-state index is 0.0915. The molecule has 1 rings (SSSR count). The van der Waals surface area contributed by atoms with Crippen molar-refractivity contribution < 1.29 is 0 Å². The Morgan fingerprint density at radius 1 is 1.16 bits per heavy atom. The van der Waals surface area contributed by atoms with Crippen LogP contribution in [0, 0.1) is 23.2 Å². The Hall–Kier alpha value is -1.33. The number of nitriles is 1. The van der Waals surface area contributed by atoms with E-state index in [1.807, 2.05) is 0 Å². The van der Waals surface area contributed by atoms with Gasteiger partial charge in [0.15, 0.2) is 0 Å². The van der Waals surface area contributed by atoms with Gasteiger partial charge in [0.1, 0.15) is 0 Å². The quantitative estimate of drug-likeness (QED) is 0.870. The van der Waals surface area contributed by atoms with Crippen LogP contribution in [-0.2, 0) is 12.0 Å². The summed E-state index contributed by atoms with van der Waals surface area (Å²) in [6.45, 7) is 12.4. The van der Waals surface area contributed by atoms with E-state index in [0.29, 0.717) is 5.92 Å². The van der Waals surface area contributed by atoms with Crippen LogP contribution in [0.3, 0.4) is 0 Å². The van der Waals surface area contributed by atoms with Crippen LogP contribution in [0.5, 0.6) is 0 Å². The Bertz CT molecular complexity index is 418. The molecule has 0 heterocycles. The van der Waals surface area contributed by atoms with Gasteiger partial charge in [-0.15, -0.1) is 0 Å². The molecule has 0 radical (unpaired) electrons. The fraction of sp³-hybridized carbons (Fsp3) is 0.588. The Morgan fingerprint density at radius 3 is 2.16 bits per heavy atom. The lowest BCUT2D eigenvalue weighted by Crippen LogP contribution is -2.24. The average Bonchev–Trinajstić information content (AvgIpc) is 2.33. The normalized spacial score (nSPS) is 13.3. The molecule has 0 bridgehead atoms. The lowest BCUT2D eigenvalue weighted by Gasteiger charge is -2.19. The number of nitrogens with one attached hydrogen (secondary N) is 1. The molecule has 0 aromatic heterocycles. The Kier molecular flexibility index (Phi) is 5.57. The van der Waals surface area contributed by atoms with Gasteiger partial charge in [-0.05, 0) is 22.5 Å². The summed E-state index contributed by atoms with van der Waals surface area (Å²) in [5.74, 6) is 0.495. The molecule has 2 nitrogen and oxygen atoms in total. The van der Waals surface area contributed by atoms with E-state index >= 15 is 0 Å². The minimum atomic E-state index is 0.0915. The third-order valence-electron chi connectivity index (χ3n) is 3.48. The summed E-state index contributed by atoms with van der Waals surface area (Å²) < 4.78 is 0. The van der Waals surface area contributed by atoms with Crippen LogP contribution in [0.15, 0.2) is 24.3 Å². The van der Waals surface area contributed by atoms with Crippen LogP contribution in [0.1, 0.15) is 45.7 Å². The number of hydrogen-bond donors (Lipinski definition) is 1. The minimum Gasteiger partial charge on any atom is -0.311 e. The first-order chi connectivity index (χ1) is 8.84. The molecular weight excluding hydrogens is 232 g/mol. The average molecular weight is 258 g/mol. The van der Waals surface area contributed by atoms with Gasteiger partial charge in [-0.25, -0.2) is 0 Å². The van der Waals surface area contributed by atoms with Crippen LogP contribution in [0.2, 0.25) is 0 Å². The molecule has 0 aliphatic heterocycles. The van der Waals surface area contributed by atoms with Gasteiger partial charge in [-0.3, -0.25) is 0 Å². The van der Waals surface area contributed by atoms with Crippen LogP contribution in [0.25, 0.3) is 0 Å². The molecule has 2 heteroatoms. The van der Waals surface area contributed by atoms with Gasteiger partial charge in [0, 0.05) is 13.1 Å². The molecule has 19 heavy (non-hydrogen) atoms. The van der Waals surface area contributed by atoms with Crippen molar-refractivity contribution in [2.75, 3.05) is 6.54 Å². The molecule has 1 N–H and O–H groups in total. The first-order valence-electron chi connectivity index (χ1n) is 7.04. The Balaban J connectivity index is 2.49. The van der Waals surface area contributed by atoms with Crippen LogP contribution >= 0.6 is 0 Å². The molecule has 0 amide bonds. The summed E-state index contributed by atoms with van der Waals surface area (Å²) in [7, 11) is 0. The molecule has 1 unspecified atom stereocenters. The van der Waals surface area contributed by atoms with Gasteiger partial charge in [0.25, 0.3) is 0 Å². The van der Waals surface area contributed by atoms with E-state index in [2.05, 4.69) is 70.3 Å². The van der Waals surface area contributed by atoms with Crippen molar-refractivity contribution in [3.8, 4) is 6.07 Å². The van der Waals surface area contributed by atoms with Gasteiger partial charge in [0.05, 0.1) is 12.0 Å². The zero-order valence-electron chi connectivity index (χ0n) is 12.8. The maximum absolute atomic E-state index is 9.03. The summed E-state index contributed by atoms with van der Waals surface area (Å²) in [5.41, 5.74) is 2.83. The second-order valence-corrected chi connectivity index (χ2v) is 6.56. The van der Waals surface area contributed by atoms with Crippen molar-refractivity contribution in [2.24, 2.45) is 11.8 Å². The van der Waals surface area contributed by atoms with Crippen LogP contribution in [-0.4, -0.2) is 6.54 Å². The molecule has 1 aromatic carbocycles. The molecule has 0 aliphatic rings. The van der Waals surface area contributed by atoms with E-state index in [-0.39, 0.29) is 11.3 Å². The highest BCUT2D eigenvalue weighted by molar-refractivity contribution is 5.27. The lowest BCUT2D eigenvalue weighted by molar-refractivity contribution is 0.442. The monoisotopic (exact) mass is 258 g/mol. The summed E-state index contributed by atoms with van der Waals surface area (Å²) in [6, 6.07) is 11.1. The standard InChI is InChI=1S/C17H26N2/c1-13(2)15(10-18)12-19-11-14-6-8-16(9-7-14)17(3,4)5/h6-9,13,15,19H,11-12H2,1-5H3. The Labute approximate surface area is 117 Å². The third kappa shape index (κ3) is 5.04. The molecule has 0 spiro atoms. The highest BCUT2D eigenvalue weighted by Crippen LogP contribution is 2.22. The first kappa shape index (κ1) is 15.7. The number of nitrogens with zero attached hydrogens (tertiary/aromatic N) is 1. The lowest BCUT2D eigenvalue weighted by atomic mass is 9.87. The van der Waals surface area contributed by atoms with E-state index in [1.54, 1.807) is 0 Å². The fourth-order valence-corrected chi connectivity index (χ4v) is 1.93. The molecule has 0 saturated heterocycles. The second kappa shape index (κ2) is 6.73. The van der Waals surface area contributed by atoms with Crippen LogP contribution in [0.4, 0.5) is 0 Å². The summed E-state index contributed by atoms with van der Waals surface area (Å²) in [4.78, 5) is 0.